The number of amides is 1. The largest absolute Gasteiger partial charge is 0.376 e. The Morgan fingerprint density at radius 3 is 2.89 bits per heavy atom. The summed E-state index contributed by atoms with van der Waals surface area (Å²) in [6.07, 6.45) is 4.64. The van der Waals surface area contributed by atoms with Crippen LogP contribution in [0.15, 0.2) is 0 Å². The highest BCUT2D eigenvalue weighted by molar-refractivity contribution is 5.82. The van der Waals surface area contributed by atoms with E-state index in [4.69, 9.17) is 4.74 Å². The van der Waals surface area contributed by atoms with Crippen molar-refractivity contribution in [3.63, 3.8) is 0 Å². The van der Waals surface area contributed by atoms with Gasteiger partial charge in [-0.25, -0.2) is 0 Å². The molecule has 2 heterocycles. The topological polar surface area (TPSA) is 41.6 Å². The predicted molar refractivity (Wildman–Crippen MR) is 71.4 cm³/mol. The lowest BCUT2D eigenvalue weighted by Gasteiger charge is -2.32. The third-order valence-corrected chi connectivity index (χ3v) is 4.11. The van der Waals surface area contributed by atoms with E-state index in [1.165, 1.54) is 6.42 Å². The average molecular weight is 254 g/mol. The van der Waals surface area contributed by atoms with Crippen molar-refractivity contribution >= 4 is 5.91 Å². The van der Waals surface area contributed by atoms with Crippen molar-refractivity contribution in [3.8, 4) is 0 Å². The lowest BCUT2D eigenvalue weighted by atomic mass is 9.93. The van der Waals surface area contributed by atoms with Crippen LogP contribution in [0.3, 0.4) is 0 Å². The van der Waals surface area contributed by atoms with Crippen LogP contribution in [0.4, 0.5) is 0 Å². The second kappa shape index (κ2) is 6.53. The first-order chi connectivity index (χ1) is 8.70. The van der Waals surface area contributed by atoms with Crippen LogP contribution in [-0.4, -0.2) is 49.2 Å². The molecule has 0 saturated carbocycles. The van der Waals surface area contributed by atoms with Gasteiger partial charge >= 0.3 is 0 Å². The number of carbonyl (C=O) groups excluding carboxylic acids is 1. The Balaban J connectivity index is 1.87. The standard InChI is InChI=1S/C14H26N2O2/c1-3-16(10-12-5-4-8-18-12)14(17)13-9-11(2)6-7-15-13/h11-13,15H,3-10H2,1-2H3. The molecule has 3 atom stereocenters. The Morgan fingerprint density at radius 2 is 2.28 bits per heavy atom. The Hall–Kier alpha value is -0.610. The number of nitrogens with one attached hydrogen (secondary N) is 1. The monoisotopic (exact) mass is 254 g/mol. The fraction of sp³-hybridized carbons (Fsp3) is 0.929. The highest BCUT2D eigenvalue weighted by Crippen LogP contribution is 2.18. The number of hydrogen-bond acceptors (Lipinski definition) is 3. The number of nitrogens with zero attached hydrogens (tertiary/aromatic N) is 1. The first-order valence-electron chi connectivity index (χ1n) is 7.34. The van der Waals surface area contributed by atoms with E-state index in [2.05, 4.69) is 19.2 Å². The number of ether oxygens (including phenoxy) is 1. The number of carbonyl (C=O) groups is 1. The maximum absolute atomic E-state index is 12.5. The van der Waals surface area contributed by atoms with Gasteiger partial charge in [0.1, 0.15) is 0 Å². The van der Waals surface area contributed by atoms with E-state index in [9.17, 15) is 4.79 Å². The third kappa shape index (κ3) is 3.45. The molecule has 0 radical (unpaired) electrons. The second-order valence-corrected chi connectivity index (χ2v) is 5.65. The van der Waals surface area contributed by atoms with Gasteiger partial charge in [0.05, 0.1) is 12.1 Å². The number of rotatable bonds is 4. The fourth-order valence-corrected chi connectivity index (χ4v) is 2.93. The summed E-state index contributed by atoms with van der Waals surface area (Å²) in [5, 5.41) is 3.36. The number of likely N-dealkylation sites (N-methyl/N-ethyl adjacent to an activating group) is 1. The Labute approximate surface area is 110 Å². The van der Waals surface area contributed by atoms with Crippen molar-refractivity contribution in [1.29, 1.82) is 0 Å². The Bertz CT molecular complexity index is 277. The summed E-state index contributed by atoms with van der Waals surface area (Å²) in [4.78, 5) is 14.4. The van der Waals surface area contributed by atoms with Crippen molar-refractivity contribution in [2.45, 2.75) is 51.7 Å². The third-order valence-electron chi connectivity index (χ3n) is 4.11. The van der Waals surface area contributed by atoms with Gasteiger partial charge in [0.2, 0.25) is 5.91 Å². The minimum atomic E-state index is 0.0232. The second-order valence-electron chi connectivity index (χ2n) is 5.65. The number of piperidine rings is 1. The molecule has 2 aliphatic rings. The van der Waals surface area contributed by atoms with Gasteiger partial charge in [0, 0.05) is 19.7 Å². The van der Waals surface area contributed by atoms with Gasteiger partial charge in [-0.1, -0.05) is 6.92 Å². The average Bonchev–Trinajstić information content (AvgIpc) is 2.88. The molecule has 0 aliphatic carbocycles. The summed E-state index contributed by atoms with van der Waals surface area (Å²) >= 11 is 0. The van der Waals surface area contributed by atoms with Crippen LogP contribution in [-0.2, 0) is 9.53 Å². The Kier molecular flexibility index (Phi) is 5.01. The molecule has 4 heteroatoms. The van der Waals surface area contributed by atoms with Crippen LogP contribution in [0.5, 0.6) is 0 Å². The zero-order valence-electron chi connectivity index (χ0n) is 11.7. The van der Waals surface area contributed by atoms with Gasteiger partial charge in [-0.15, -0.1) is 0 Å². The molecular weight excluding hydrogens is 228 g/mol. The van der Waals surface area contributed by atoms with E-state index >= 15 is 0 Å². The summed E-state index contributed by atoms with van der Waals surface area (Å²) in [6.45, 7) is 7.66. The first-order valence-corrected chi connectivity index (χ1v) is 7.34. The Morgan fingerprint density at radius 1 is 1.44 bits per heavy atom. The maximum atomic E-state index is 12.5. The molecule has 2 saturated heterocycles. The van der Waals surface area contributed by atoms with Gasteiger partial charge in [-0.05, 0) is 45.1 Å². The van der Waals surface area contributed by atoms with Crippen LogP contribution in [0.2, 0.25) is 0 Å². The summed E-state index contributed by atoms with van der Waals surface area (Å²) in [5.74, 6) is 0.918. The molecule has 104 valence electrons. The van der Waals surface area contributed by atoms with Crippen molar-refractivity contribution in [3.05, 3.63) is 0 Å². The van der Waals surface area contributed by atoms with E-state index < -0.39 is 0 Å². The molecule has 0 aromatic rings. The van der Waals surface area contributed by atoms with E-state index in [0.717, 1.165) is 45.5 Å². The molecular formula is C14H26N2O2. The van der Waals surface area contributed by atoms with Gasteiger partial charge in [0.25, 0.3) is 0 Å². The molecule has 1 N–H and O–H groups in total. The van der Waals surface area contributed by atoms with E-state index in [1.54, 1.807) is 0 Å². The van der Waals surface area contributed by atoms with Crippen molar-refractivity contribution in [2.24, 2.45) is 5.92 Å². The van der Waals surface area contributed by atoms with Gasteiger partial charge in [-0.3, -0.25) is 4.79 Å². The van der Waals surface area contributed by atoms with Gasteiger partial charge in [0.15, 0.2) is 0 Å². The molecule has 0 bridgehead atoms. The maximum Gasteiger partial charge on any atom is 0.239 e. The molecule has 3 unspecified atom stereocenters. The zero-order valence-corrected chi connectivity index (χ0v) is 11.7. The normalized spacial score (nSPS) is 32.4. The van der Waals surface area contributed by atoms with E-state index in [-0.39, 0.29) is 18.1 Å². The molecule has 18 heavy (non-hydrogen) atoms. The van der Waals surface area contributed by atoms with Crippen LogP contribution >= 0.6 is 0 Å². The van der Waals surface area contributed by atoms with Gasteiger partial charge < -0.3 is 15.0 Å². The molecule has 0 aromatic heterocycles. The highest BCUT2D eigenvalue weighted by Gasteiger charge is 2.29. The molecule has 1 amide bonds. The van der Waals surface area contributed by atoms with E-state index in [1.807, 2.05) is 4.90 Å². The van der Waals surface area contributed by atoms with Gasteiger partial charge in [-0.2, -0.15) is 0 Å². The smallest absolute Gasteiger partial charge is 0.239 e. The minimum absolute atomic E-state index is 0.0232. The lowest BCUT2D eigenvalue weighted by molar-refractivity contribution is -0.135. The van der Waals surface area contributed by atoms with Crippen LogP contribution in [0, 0.1) is 5.92 Å². The quantitative estimate of drug-likeness (QED) is 0.824. The highest BCUT2D eigenvalue weighted by atomic mass is 16.5. The number of hydrogen-bond donors (Lipinski definition) is 1. The lowest BCUT2D eigenvalue weighted by Crippen LogP contribution is -2.51. The minimum Gasteiger partial charge on any atom is -0.376 e. The summed E-state index contributed by atoms with van der Waals surface area (Å²) in [6, 6.07) is 0.0232. The van der Waals surface area contributed by atoms with Crippen molar-refractivity contribution in [1.82, 2.24) is 10.2 Å². The first kappa shape index (κ1) is 13.8. The molecule has 2 aliphatic heterocycles. The summed E-state index contributed by atoms with van der Waals surface area (Å²) < 4.78 is 5.63. The van der Waals surface area contributed by atoms with Crippen molar-refractivity contribution in [2.75, 3.05) is 26.2 Å². The molecule has 2 rings (SSSR count). The predicted octanol–water partition coefficient (Wildman–Crippen LogP) is 1.40. The fourth-order valence-electron chi connectivity index (χ4n) is 2.93. The molecule has 0 spiro atoms. The van der Waals surface area contributed by atoms with Crippen LogP contribution in [0.25, 0.3) is 0 Å². The van der Waals surface area contributed by atoms with Crippen molar-refractivity contribution < 1.29 is 9.53 Å². The SMILES string of the molecule is CCN(CC1CCCO1)C(=O)C1CC(C)CCN1. The summed E-state index contributed by atoms with van der Waals surface area (Å²) in [7, 11) is 0. The van der Waals surface area contributed by atoms with E-state index in [0.29, 0.717) is 5.92 Å². The summed E-state index contributed by atoms with van der Waals surface area (Å²) in [5.41, 5.74) is 0. The van der Waals surface area contributed by atoms with Crippen LogP contribution < -0.4 is 5.32 Å². The molecule has 0 aromatic carbocycles. The molecule has 4 nitrogen and oxygen atoms in total. The zero-order chi connectivity index (χ0) is 13.0. The van der Waals surface area contributed by atoms with Crippen LogP contribution in [0.1, 0.15) is 39.5 Å². The molecule has 2 fully saturated rings.